The summed E-state index contributed by atoms with van der Waals surface area (Å²) in [7, 11) is -4.94. The molecule has 0 radical (unpaired) electrons. The molecule has 162 valence electrons. The van der Waals surface area contributed by atoms with Gasteiger partial charge in [-0.3, -0.25) is 0 Å². The van der Waals surface area contributed by atoms with Crippen molar-refractivity contribution >= 4 is 11.6 Å². The van der Waals surface area contributed by atoms with E-state index in [1.165, 1.54) is 0 Å². The number of benzene rings is 2. The van der Waals surface area contributed by atoms with Gasteiger partial charge >= 0.3 is 11.6 Å². The molecule has 2 aromatic carbocycles. The Morgan fingerprint density at radius 2 is 1.31 bits per heavy atom. The van der Waals surface area contributed by atoms with E-state index in [1.54, 1.807) is 9.03 Å². The lowest BCUT2D eigenvalue weighted by Crippen LogP contribution is -2.68. The highest BCUT2D eigenvalue weighted by Gasteiger charge is 2.23. The maximum absolute atomic E-state index is 8.49. The molecule has 0 unspecified atom stereocenters. The summed E-state index contributed by atoms with van der Waals surface area (Å²) in [5.41, 5.74) is 5.53. The average molecular weight is 453 g/mol. The van der Waals surface area contributed by atoms with E-state index in [2.05, 4.69) is 10.1 Å². The van der Waals surface area contributed by atoms with Crippen molar-refractivity contribution in [3.8, 4) is 22.5 Å². The second-order valence-electron chi connectivity index (χ2n) is 6.88. The largest absolute Gasteiger partial charge is 0.407 e. The van der Waals surface area contributed by atoms with Crippen LogP contribution >= 0.6 is 0 Å². The fourth-order valence-corrected chi connectivity index (χ4v) is 3.29. The lowest BCUT2D eigenvalue weighted by atomic mass is 10.0. The highest BCUT2D eigenvalue weighted by Crippen LogP contribution is 2.27. The summed E-state index contributed by atoms with van der Waals surface area (Å²) in [4.78, 5) is 9.48. The minimum Gasteiger partial charge on any atom is -0.222 e. The van der Waals surface area contributed by atoms with Crippen molar-refractivity contribution in [3.63, 3.8) is 0 Å². The topological polar surface area (TPSA) is 152 Å². The highest BCUT2D eigenvalue weighted by molar-refractivity contribution is 5.77. The first kappa shape index (κ1) is 21.7. The average Bonchev–Trinajstić information content (AvgIpc) is 3.11. The van der Waals surface area contributed by atoms with Crippen LogP contribution in [0.1, 0.15) is 11.4 Å². The molecule has 0 atom stereocenters. The Hall–Kier alpha value is -3.54. The zero-order chi connectivity index (χ0) is 22.9. The number of hydrogen-bond donors (Lipinski definition) is 0. The SMILES string of the molecule is Cc1cc(C)n2nc3nc(-c4ccccc4)c(-c4ccccc4)n[n+]3c2n1.[O-][Cl+3]([O-])([O-])[O-]. The molecule has 0 aliphatic rings. The molecule has 0 amide bonds. The third-order valence-electron chi connectivity index (χ3n) is 4.52. The molecule has 0 spiro atoms. The number of hydrogen-bond acceptors (Lipinski definition) is 8. The van der Waals surface area contributed by atoms with E-state index in [-0.39, 0.29) is 0 Å². The molecule has 0 fully saturated rings. The molecule has 32 heavy (non-hydrogen) atoms. The maximum Gasteiger partial charge on any atom is 0.407 e. The first-order chi connectivity index (χ1) is 15.2. The number of halogens is 1. The molecular formula is C21H17ClN6O4. The zero-order valence-corrected chi connectivity index (χ0v) is 17.8. The van der Waals surface area contributed by atoms with E-state index in [9.17, 15) is 0 Å². The van der Waals surface area contributed by atoms with Crippen molar-refractivity contribution in [3.05, 3.63) is 78.1 Å². The molecule has 0 aliphatic heterocycles. The molecule has 10 nitrogen and oxygen atoms in total. The predicted molar refractivity (Wildman–Crippen MR) is 102 cm³/mol. The van der Waals surface area contributed by atoms with E-state index < -0.39 is 10.2 Å². The summed E-state index contributed by atoms with van der Waals surface area (Å²) >= 11 is 0. The maximum atomic E-state index is 8.49. The van der Waals surface area contributed by atoms with Crippen LogP contribution in [0.15, 0.2) is 66.7 Å². The van der Waals surface area contributed by atoms with Crippen molar-refractivity contribution in [1.29, 1.82) is 0 Å². The summed E-state index contributed by atoms with van der Waals surface area (Å²) in [6.07, 6.45) is 0. The third kappa shape index (κ3) is 4.69. The molecular weight excluding hydrogens is 436 g/mol. The smallest absolute Gasteiger partial charge is 0.222 e. The molecule has 0 saturated carbocycles. The van der Waals surface area contributed by atoms with Crippen molar-refractivity contribution in [2.45, 2.75) is 13.8 Å². The van der Waals surface area contributed by atoms with E-state index in [0.29, 0.717) is 11.6 Å². The predicted octanol–water partition coefficient (Wildman–Crippen LogP) is -1.55. The van der Waals surface area contributed by atoms with Crippen LogP contribution in [0.3, 0.4) is 0 Å². The van der Waals surface area contributed by atoms with Crippen LogP contribution in [0.4, 0.5) is 0 Å². The van der Waals surface area contributed by atoms with Gasteiger partial charge in [-0.25, -0.2) is 18.6 Å². The van der Waals surface area contributed by atoms with Crippen molar-refractivity contribution in [1.82, 2.24) is 24.7 Å². The number of aryl methyl sites for hydroxylation is 2. The molecule has 5 rings (SSSR count). The molecule has 0 N–H and O–H groups in total. The van der Waals surface area contributed by atoms with Gasteiger partial charge in [-0.1, -0.05) is 65.2 Å². The second-order valence-corrected chi connectivity index (χ2v) is 7.64. The first-order valence-corrected chi connectivity index (χ1v) is 10.6. The van der Waals surface area contributed by atoms with Crippen LogP contribution in [0, 0.1) is 24.1 Å². The summed E-state index contributed by atoms with van der Waals surface area (Å²) < 4.78 is 37.5. The molecule has 0 saturated heterocycles. The van der Waals surface area contributed by atoms with Crippen molar-refractivity contribution in [2.75, 3.05) is 0 Å². The number of rotatable bonds is 2. The Morgan fingerprint density at radius 3 is 1.88 bits per heavy atom. The van der Waals surface area contributed by atoms with Crippen LogP contribution in [-0.4, -0.2) is 24.7 Å². The minimum absolute atomic E-state index is 0.523. The normalized spacial score (nSPS) is 11.4. The summed E-state index contributed by atoms with van der Waals surface area (Å²) in [5.74, 6) is 1.18. The lowest BCUT2D eigenvalue weighted by molar-refractivity contribution is -2.00. The summed E-state index contributed by atoms with van der Waals surface area (Å²) in [6, 6.07) is 22.2. The highest BCUT2D eigenvalue weighted by atomic mass is 35.7. The van der Waals surface area contributed by atoms with E-state index in [1.807, 2.05) is 80.6 Å². The Morgan fingerprint density at radius 1 is 0.781 bits per heavy atom. The van der Waals surface area contributed by atoms with Crippen LogP contribution in [0.25, 0.3) is 34.1 Å². The van der Waals surface area contributed by atoms with Gasteiger partial charge in [-0.05, 0) is 13.8 Å². The van der Waals surface area contributed by atoms with Gasteiger partial charge < -0.3 is 0 Å². The second kappa shape index (κ2) is 8.54. The molecule has 11 heteroatoms. The Balaban J connectivity index is 0.000000444. The summed E-state index contributed by atoms with van der Waals surface area (Å²) in [5, 5.41) is 9.52. The minimum atomic E-state index is -4.94. The van der Waals surface area contributed by atoms with Gasteiger partial charge in [0.2, 0.25) is 0 Å². The standard InChI is InChI=1S/C21H17N6.ClHO4/c1-14-13-15(2)26-21(22-14)27-20(25-26)23-18(16-9-5-3-6-10-16)19(24-27)17-11-7-4-8-12-17;2-1(3,4)5/h3-13H,1-2H3;(H,2,3,4,5)/q+1;/p-1. The lowest BCUT2D eigenvalue weighted by Gasteiger charge is -2.17. The molecule has 0 bridgehead atoms. The van der Waals surface area contributed by atoms with Gasteiger partial charge in [0.25, 0.3) is 0 Å². The number of fused-ring (bicyclic) bond motifs is 3. The number of aromatic nitrogens is 6. The third-order valence-corrected chi connectivity index (χ3v) is 4.52. The quantitative estimate of drug-likeness (QED) is 0.292. The Kier molecular flexibility index (Phi) is 5.78. The van der Waals surface area contributed by atoms with Gasteiger partial charge in [0, 0.05) is 22.3 Å². The molecule has 5 aromatic rings. The number of nitrogens with zero attached hydrogens (tertiary/aromatic N) is 6. The summed E-state index contributed by atoms with van der Waals surface area (Å²) in [6.45, 7) is 3.97. The van der Waals surface area contributed by atoms with Crippen LogP contribution in [0.5, 0.6) is 0 Å². The fraction of sp³-hybridized carbons (Fsp3) is 0.0952. The van der Waals surface area contributed by atoms with Crippen molar-refractivity contribution in [2.24, 2.45) is 0 Å². The zero-order valence-electron chi connectivity index (χ0n) is 17.0. The Bertz CT molecular complexity index is 1380. The van der Waals surface area contributed by atoms with E-state index >= 15 is 0 Å². The van der Waals surface area contributed by atoms with Gasteiger partial charge in [0.15, 0.2) is 0 Å². The van der Waals surface area contributed by atoms with Gasteiger partial charge in [0.1, 0.15) is 11.4 Å². The van der Waals surface area contributed by atoms with Crippen LogP contribution < -0.4 is 23.2 Å². The van der Waals surface area contributed by atoms with Crippen molar-refractivity contribution < 1.29 is 33.4 Å². The van der Waals surface area contributed by atoms with E-state index in [0.717, 1.165) is 33.9 Å². The first-order valence-electron chi connectivity index (χ1n) is 9.40. The van der Waals surface area contributed by atoms with Gasteiger partial charge in [-0.2, -0.15) is 0 Å². The fourth-order valence-electron chi connectivity index (χ4n) is 3.29. The van der Waals surface area contributed by atoms with Gasteiger partial charge in [0.05, 0.1) is 11.4 Å². The molecule has 0 aliphatic carbocycles. The van der Waals surface area contributed by atoms with Gasteiger partial charge in [-0.15, -0.1) is 29.8 Å². The molecule has 3 heterocycles. The van der Waals surface area contributed by atoms with Crippen LogP contribution in [0.2, 0.25) is 0 Å². The Labute approximate surface area is 184 Å². The van der Waals surface area contributed by atoms with E-state index in [4.69, 9.17) is 28.7 Å². The van der Waals surface area contributed by atoms with Crippen LogP contribution in [-0.2, 0) is 0 Å². The molecule has 3 aromatic heterocycles. The monoisotopic (exact) mass is 452 g/mol.